The first-order valence-corrected chi connectivity index (χ1v) is 9.83. The van der Waals surface area contributed by atoms with E-state index in [0.717, 1.165) is 20.0 Å². The van der Waals surface area contributed by atoms with Crippen LogP contribution < -0.4 is 10.6 Å². The van der Waals surface area contributed by atoms with Crippen LogP contribution in [0.4, 0.5) is 11.4 Å². The highest BCUT2D eigenvalue weighted by atomic mass is 79.9. The van der Waals surface area contributed by atoms with E-state index >= 15 is 0 Å². The smallest absolute Gasteiger partial charge is 0.0452 e. The first-order valence-electron chi connectivity index (χ1n) is 8.25. The molecule has 4 aromatic carbocycles. The quantitative estimate of drug-likeness (QED) is 0.307. The highest BCUT2D eigenvalue weighted by molar-refractivity contribution is 9.10. The molecule has 0 amide bonds. The topological polar surface area (TPSA) is 29.3 Å². The number of benzene rings is 4. The number of halogens is 2. The van der Waals surface area contributed by atoms with E-state index in [1.54, 1.807) is 0 Å². The molecule has 0 aliphatic heterocycles. The van der Waals surface area contributed by atoms with Gasteiger partial charge >= 0.3 is 0 Å². The van der Waals surface area contributed by atoms with Crippen LogP contribution in [0.1, 0.15) is 0 Å². The molecule has 0 aromatic heterocycles. The van der Waals surface area contributed by atoms with Crippen LogP contribution in [0, 0.1) is 0 Å². The molecule has 2 N–H and O–H groups in total. The zero-order valence-corrected chi connectivity index (χ0v) is 17.9. The summed E-state index contributed by atoms with van der Waals surface area (Å²) in [5, 5.41) is 4.84. The normalized spacial score (nSPS) is 10.5. The van der Waals surface area contributed by atoms with Crippen molar-refractivity contribution in [1.29, 1.82) is 0 Å². The Kier molecular flexibility index (Phi) is 5.84. The Bertz CT molecular complexity index is 1060. The van der Waals surface area contributed by atoms with E-state index in [-0.39, 0.29) is 0 Å². The molecule has 132 valence electrons. The fourth-order valence-electron chi connectivity index (χ4n) is 2.93. The maximum absolute atomic E-state index is 5.83. The van der Waals surface area contributed by atoms with Gasteiger partial charge in [-0.3, -0.25) is 0 Å². The number of rotatable bonds is 1. The van der Waals surface area contributed by atoms with Gasteiger partial charge in [-0.1, -0.05) is 80.4 Å². The monoisotopic (exact) mass is 470 g/mol. The van der Waals surface area contributed by atoms with Gasteiger partial charge in [0.1, 0.15) is 0 Å². The van der Waals surface area contributed by atoms with Crippen LogP contribution in [0.25, 0.3) is 21.5 Å². The van der Waals surface area contributed by atoms with E-state index in [0.29, 0.717) is 0 Å². The molecule has 0 radical (unpaired) electrons. The van der Waals surface area contributed by atoms with Crippen LogP contribution >= 0.6 is 31.9 Å². The van der Waals surface area contributed by atoms with Crippen LogP contribution in [-0.2, 0) is 0 Å². The van der Waals surface area contributed by atoms with Gasteiger partial charge < -0.3 is 10.6 Å². The molecule has 0 saturated carbocycles. The van der Waals surface area contributed by atoms with E-state index in [1.807, 2.05) is 24.3 Å². The third-order valence-corrected chi connectivity index (χ3v) is 5.06. The number of fused-ring (bicyclic) bond motifs is 2. The SMILES string of the molecule is CN(C)c1cc(Br)cc2ccccc12.Nc1cc(Br)cc2ccccc12. The molecule has 0 aliphatic rings. The summed E-state index contributed by atoms with van der Waals surface area (Å²) in [4.78, 5) is 2.13. The first kappa shape index (κ1) is 18.7. The maximum Gasteiger partial charge on any atom is 0.0452 e. The highest BCUT2D eigenvalue weighted by Gasteiger charge is 2.03. The second-order valence-corrected chi connectivity index (χ2v) is 8.09. The molecule has 0 saturated heterocycles. The predicted octanol–water partition coefficient (Wildman–Crippen LogP) is 6.85. The Morgan fingerprint density at radius 2 is 1.19 bits per heavy atom. The van der Waals surface area contributed by atoms with Crippen LogP contribution in [-0.4, -0.2) is 14.1 Å². The van der Waals surface area contributed by atoms with Crippen LogP contribution in [0.15, 0.2) is 81.7 Å². The molecule has 26 heavy (non-hydrogen) atoms. The Morgan fingerprint density at radius 3 is 1.81 bits per heavy atom. The Morgan fingerprint density at radius 1 is 0.692 bits per heavy atom. The van der Waals surface area contributed by atoms with Gasteiger partial charge in [-0.05, 0) is 35.0 Å². The standard InChI is InChI=1S/C12H12BrN.C10H8BrN/c1-14(2)12-8-10(13)7-9-5-3-4-6-11(9)12;11-8-5-7-3-1-2-4-9(7)10(12)6-8/h3-8H,1-2H3;1-6H,12H2. The summed E-state index contributed by atoms with van der Waals surface area (Å²) in [7, 11) is 4.13. The molecule has 4 aromatic rings. The summed E-state index contributed by atoms with van der Waals surface area (Å²) in [6, 6.07) is 24.8. The summed E-state index contributed by atoms with van der Waals surface area (Å²) in [5.74, 6) is 0. The van der Waals surface area contributed by atoms with Crippen LogP contribution in [0.3, 0.4) is 0 Å². The van der Waals surface area contributed by atoms with Crippen molar-refractivity contribution in [1.82, 2.24) is 0 Å². The molecule has 0 aliphatic carbocycles. The zero-order chi connectivity index (χ0) is 18.7. The number of nitrogen functional groups attached to an aromatic ring is 1. The predicted molar refractivity (Wildman–Crippen MR) is 122 cm³/mol. The average molecular weight is 472 g/mol. The Hall–Kier alpha value is -2.04. The number of hydrogen-bond donors (Lipinski definition) is 1. The van der Waals surface area contributed by atoms with Crippen molar-refractivity contribution >= 4 is 64.8 Å². The Balaban J connectivity index is 0.000000152. The van der Waals surface area contributed by atoms with Crippen molar-refractivity contribution in [2.75, 3.05) is 24.7 Å². The third-order valence-electron chi connectivity index (χ3n) is 4.15. The second kappa shape index (κ2) is 8.11. The van der Waals surface area contributed by atoms with Gasteiger partial charge in [-0.2, -0.15) is 0 Å². The van der Waals surface area contributed by atoms with Gasteiger partial charge in [-0.25, -0.2) is 0 Å². The molecule has 0 unspecified atom stereocenters. The summed E-state index contributed by atoms with van der Waals surface area (Å²) in [5.41, 5.74) is 7.89. The van der Waals surface area contributed by atoms with E-state index in [4.69, 9.17) is 5.73 Å². The van der Waals surface area contributed by atoms with Gasteiger partial charge in [-0.15, -0.1) is 0 Å². The number of nitrogens with two attached hydrogens (primary N) is 1. The van der Waals surface area contributed by atoms with Crippen molar-refractivity contribution < 1.29 is 0 Å². The fraction of sp³-hybridized carbons (Fsp3) is 0.0909. The number of nitrogens with zero attached hydrogens (tertiary/aromatic N) is 1. The van der Waals surface area contributed by atoms with E-state index < -0.39 is 0 Å². The first-order chi connectivity index (χ1) is 12.5. The van der Waals surface area contributed by atoms with E-state index in [2.05, 4.69) is 99.4 Å². The molecule has 0 heterocycles. The number of anilines is 2. The Labute approximate surface area is 170 Å². The average Bonchev–Trinajstić information content (AvgIpc) is 2.61. The van der Waals surface area contributed by atoms with Crippen molar-refractivity contribution in [2.24, 2.45) is 0 Å². The zero-order valence-electron chi connectivity index (χ0n) is 14.7. The summed E-state index contributed by atoms with van der Waals surface area (Å²) < 4.78 is 2.15. The van der Waals surface area contributed by atoms with Gasteiger partial charge in [0.2, 0.25) is 0 Å². The van der Waals surface area contributed by atoms with Crippen LogP contribution in [0.2, 0.25) is 0 Å². The van der Waals surface area contributed by atoms with E-state index in [1.165, 1.54) is 21.8 Å². The minimum Gasteiger partial charge on any atom is -0.398 e. The van der Waals surface area contributed by atoms with Crippen LogP contribution in [0.5, 0.6) is 0 Å². The maximum atomic E-state index is 5.83. The van der Waals surface area contributed by atoms with Gasteiger partial charge in [0, 0.05) is 45.2 Å². The van der Waals surface area contributed by atoms with Gasteiger partial charge in [0.15, 0.2) is 0 Å². The molecule has 0 atom stereocenters. The van der Waals surface area contributed by atoms with E-state index in [9.17, 15) is 0 Å². The number of hydrogen-bond acceptors (Lipinski definition) is 2. The van der Waals surface area contributed by atoms with Crippen molar-refractivity contribution in [3.8, 4) is 0 Å². The molecule has 0 spiro atoms. The molecule has 2 nitrogen and oxygen atoms in total. The molecular formula is C22H20Br2N2. The van der Waals surface area contributed by atoms with Gasteiger partial charge in [0.05, 0.1) is 0 Å². The van der Waals surface area contributed by atoms with Gasteiger partial charge in [0.25, 0.3) is 0 Å². The largest absolute Gasteiger partial charge is 0.398 e. The summed E-state index contributed by atoms with van der Waals surface area (Å²) >= 11 is 6.93. The lowest BCUT2D eigenvalue weighted by atomic mass is 10.1. The minimum atomic E-state index is 0.819. The van der Waals surface area contributed by atoms with Crippen molar-refractivity contribution in [2.45, 2.75) is 0 Å². The molecule has 4 rings (SSSR count). The third kappa shape index (κ3) is 4.19. The van der Waals surface area contributed by atoms with Crippen molar-refractivity contribution in [3.63, 3.8) is 0 Å². The second-order valence-electron chi connectivity index (χ2n) is 6.26. The minimum absolute atomic E-state index is 0.819. The van der Waals surface area contributed by atoms with Crippen molar-refractivity contribution in [3.05, 3.63) is 81.7 Å². The summed E-state index contributed by atoms with van der Waals surface area (Å²) in [6.07, 6.45) is 0. The summed E-state index contributed by atoms with van der Waals surface area (Å²) in [6.45, 7) is 0. The molecular weight excluding hydrogens is 452 g/mol. The lowest BCUT2D eigenvalue weighted by molar-refractivity contribution is 1.14. The molecule has 0 fully saturated rings. The fourth-order valence-corrected chi connectivity index (χ4v) is 3.88. The molecule has 0 bridgehead atoms. The lowest BCUT2D eigenvalue weighted by Gasteiger charge is -2.15. The lowest BCUT2D eigenvalue weighted by Crippen LogP contribution is -2.08. The molecule has 4 heteroatoms. The highest BCUT2D eigenvalue weighted by Crippen LogP contribution is 2.29.